The molecule has 1 aromatic heterocycles. The monoisotopic (exact) mass is 240 g/mol. The van der Waals surface area contributed by atoms with Crippen LogP contribution in [0.5, 0.6) is 0 Å². The van der Waals surface area contributed by atoms with Crippen molar-refractivity contribution in [2.45, 2.75) is 51.3 Å². The molecule has 0 aliphatic carbocycles. The van der Waals surface area contributed by atoms with E-state index in [0.717, 1.165) is 18.0 Å². The number of nitrogens with zero attached hydrogens (tertiary/aromatic N) is 1. The Morgan fingerprint density at radius 2 is 2.56 bits per heavy atom. The molecule has 0 radical (unpaired) electrons. The van der Waals surface area contributed by atoms with Crippen molar-refractivity contribution in [3.05, 3.63) is 16.6 Å². The van der Waals surface area contributed by atoms with Crippen molar-refractivity contribution < 1.29 is 4.74 Å². The molecule has 16 heavy (non-hydrogen) atoms. The summed E-state index contributed by atoms with van der Waals surface area (Å²) in [6, 6.07) is 0.788. The lowest BCUT2D eigenvalue weighted by Gasteiger charge is -2.25. The van der Waals surface area contributed by atoms with E-state index in [4.69, 9.17) is 4.74 Å². The first-order valence-electron chi connectivity index (χ1n) is 6.08. The average Bonchev–Trinajstić information content (AvgIpc) is 2.96. The van der Waals surface area contributed by atoms with E-state index >= 15 is 0 Å². The van der Waals surface area contributed by atoms with Gasteiger partial charge in [0.1, 0.15) is 5.01 Å². The smallest absolute Gasteiger partial charge is 0.109 e. The summed E-state index contributed by atoms with van der Waals surface area (Å²) in [5, 5.41) is 6.83. The van der Waals surface area contributed by atoms with Crippen molar-refractivity contribution in [1.29, 1.82) is 0 Å². The van der Waals surface area contributed by atoms with Gasteiger partial charge in [0, 0.05) is 24.2 Å². The fourth-order valence-electron chi connectivity index (χ4n) is 2.25. The van der Waals surface area contributed by atoms with E-state index < -0.39 is 0 Å². The zero-order chi connectivity index (χ0) is 11.4. The third kappa shape index (κ3) is 2.81. The number of ether oxygens (including phenoxy) is 1. The van der Waals surface area contributed by atoms with Gasteiger partial charge in [-0.05, 0) is 26.2 Å². The van der Waals surface area contributed by atoms with Crippen molar-refractivity contribution in [2.75, 3.05) is 6.61 Å². The van der Waals surface area contributed by atoms with Crippen LogP contribution < -0.4 is 5.32 Å². The summed E-state index contributed by atoms with van der Waals surface area (Å²) in [5.74, 6) is 0. The van der Waals surface area contributed by atoms with Crippen LogP contribution in [0.2, 0.25) is 0 Å². The topological polar surface area (TPSA) is 34.2 Å². The van der Waals surface area contributed by atoms with Crippen LogP contribution in [0.15, 0.2) is 11.6 Å². The normalized spacial score (nSPS) is 24.5. The lowest BCUT2D eigenvalue weighted by Crippen LogP contribution is -2.40. The van der Waals surface area contributed by atoms with Gasteiger partial charge in [-0.15, -0.1) is 11.3 Å². The summed E-state index contributed by atoms with van der Waals surface area (Å²) < 4.78 is 5.74. The lowest BCUT2D eigenvalue weighted by molar-refractivity contribution is 0.0735. The summed E-state index contributed by atoms with van der Waals surface area (Å²) in [6.07, 6.45) is 5.77. The Hall–Kier alpha value is -0.450. The highest BCUT2D eigenvalue weighted by atomic mass is 32.1. The highest BCUT2D eigenvalue weighted by Gasteiger charge is 2.26. The van der Waals surface area contributed by atoms with Crippen LogP contribution in [-0.2, 0) is 4.74 Å². The fourth-order valence-corrected chi connectivity index (χ4v) is 2.90. The molecule has 3 atom stereocenters. The molecule has 1 N–H and O–H groups in total. The minimum Gasteiger partial charge on any atom is -0.377 e. The highest BCUT2D eigenvalue weighted by Crippen LogP contribution is 2.21. The molecule has 1 aliphatic heterocycles. The first kappa shape index (κ1) is 12.0. The standard InChI is InChI=1S/C12H20N2OS/c1-3-10(11-5-4-7-15-11)14-9(2)12-13-6-8-16-12/h6,8-11,14H,3-5,7H2,1-2H3. The van der Waals surface area contributed by atoms with E-state index in [0.29, 0.717) is 18.2 Å². The van der Waals surface area contributed by atoms with E-state index in [1.165, 1.54) is 12.8 Å². The van der Waals surface area contributed by atoms with E-state index in [2.05, 4.69) is 24.1 Å². The van der Waals surface area contributed by atoms with Gasteiger partial charge >= 0.3 is 0 Å². The second kappa shape index (κ2) is 5.75. The predicted molar refractivity (Wildman–Crippen MR) is 66.7 cm³/mol. The maximum Gasteiger partial charge on any atom is 0.109 e. The molecule has 4 heteroatoms. The molecule has 0 saturated carbocycles. The zero-order valence-corrected chi connectivity index (χ0v) is 10.8. The van der Waals surface area contributed by atoms with Gasteiger partial charge in [0.2, 0.25) is 0 Å². The van der Waals surface area contributed by atoms with Crippen LogP contribution in [0.1, 0.15) is 44.2 Å². The van der Waals surface area contributed by atoms with E-state index in [9.17, 15) is 0 Å². The molecule has 0 bridgehead atoms. The van der Waals surface area contributed by atoms with Crippen molar-refractivity contribution in [3.8, 4) is 0 Å². The first-order valence-corrected chi connectivity index (χ1v) is 6.96. The molecule has 1 aromatic rings. The van der Waals surface area contributed by atoms with Crippen LogP contribution in [0.25, 0.3) is 0 Å². The molecular weight excluding hydrogens is 220 g/mol. The van der Waals surface area contributed by atoms with Crippen LogP contribution in [0, 0.1) is 0 Å². The number of thiazole rings is 1. The number of aromatic nitrogens is 1. The SMILES string of the molecule is CCC(NC(C)c1nccs1)C1CCCO1. The van der Waals surface area contributed by atoms with Gasteiger partial charge in [-0.25, -0.2) is 4.98 Å². The summed E-state index contributed by atoms with van der Waals surface area (Å²) in [6.45, 7) is 5.32. The Morgan fingerprint density at radius 1 is 1.69 bits per heavy atom. The third-order valence-corrected chi connectivity index (χ3v) is 4.10. The third-order valence-electron chi connectivity index (χ3n) is 3.14. The molecule has 2 rings (SSSR count). The maximum absolute atomic E-state index is 5.74. The lowest BCUT2D eigenvalue weighted by atomic mass is 10.0. The van der Waals surface area contributed by atoms with Crippen LogP contribution in [0.4, 0.5) is 0 Å². The van der Waals surface area contributed by atoms with Crippen molar-refractivity contribution >= 4 is 11.3 Å². The Balaban J connectivity index is 1.90. The Morgan fingerprint density at radius 3 is 3.12 bits per heavy atom. The first-order chi connectivity index (χ1) is 7.81. The summed E-state index contributed by atoms with van der Waals surface area (Å²) in [5.41, 5.74) is 0. The summed E-state index contributed by atoms with van der Waals surface area (Å²) >= 11 is 1.71. The molecule has 3 nitrogen and oxygen atoms in total. The van der Waals surface area contributed by atoms with E-state index in [1.807, 2.05) is 11.6 Å². The van der Waals surface area contributed by atoms with Crippen molar-refractivity contribution in [3.63, 3.8) is 0 Å². The molecule has 0 aromatic carbocycles. The van der Waals surface area contributed by atoms with Gasteiger partial charge < -0.3 is 10.1 Å². The van der Waals surface area contributed by atoms with Crippen LogP contribution >= 0.6 is 11.3 Å². The number of rotatable bonds is 5. The van der Waals surface area contributed by atoms with Crippen molar-refractivity contribution in [1.82, 2.24) is 10.3 Å². The predicted octanol–water partition coefficient (Wildman–Crippen LogP) is 2.75. The van der Waals surface area contributed by atoms with Gasteiger partial charge in [0.05, 0.1) is 12.1 Å². The Kier molecular flexibility index (Phi) is 4.32. The van der Waals surface area contributed by atoms with Gasteiger partial charge in [-0.2, -0.15) is 0 Å². The molecule has 1 saturated heterocycles. The Bertz CT molecular complexity index is 296. The van der Waals surface area contributed by atoms with Gasteiger partial charge in [-0.1, -0.05) is 6.92 Å². The molecule has 0 spiro atoms. The molecule has 1 fully saturated rings. The fraction of sp³-hybridized carbons (Fsp3) is 0.750. The summed E-state index contributed by atoms with van der Waals surface area (Å²) in [4.78, 5) is 4.35. The van der Waals surface area contributed by atoms with E-state index in [1.54, 1.807) is 11.3 Å². The number of hydrogen-bond acceptors (Lipinski definition) is 4. The molecule has 2 heterocycles. The Labute approximate surface area is 101 Å². The zero-order valence-electron chi connectivity index (χ0n) is 9.98. The van der Waals surface area contributed by atoms with Crippen LogP contribution in [0.3, 0.4) is 0 Å². The highest BCUT2D eigenvalue weighted by molar-refractivity contribution is 7.09. The largest absolute Gasteiger partial charge is 0.377 e. The summed E-state index contributed by atoms with van der Waals surface area (Å²) in [7, 11) is 0. The van der Waals surface area contributed by atoms with Gasteiger partial charge in [-0.3, -0.25) is 0 Å². The molecule has 1 aliphatic rings. The second-order valence-electron chi connectivity index (χ2n) is 4.32. The minimum atomic E-state index is 0.328. The average molecular weight is 240 g/mol. The maximum atomic E-state index is 5.74. The van der Waals surface area contributed by atoms with Crippen molar-refractivity contribution in [2.24, 2.45) is 0 Å². The molecule has 90 valence electrons. The molecular formula is C12H20N2OS. The molecule has 0 amide bonds. The quantitative estimate of drug-likeness (QED) is 0.859. The van der Waals surface area contributed by atoms with Crippen LogP contribution in [-0.4, -0.2) is 23.7 Å². The molecule has 3 unspecified atom stereocenters. The van der Waals surface area contributed by atoms with Gasteiger partial charge in [0.15, 0.2) is 0 Å². The van der Waals surface area contributed by atoms with E-state index in [-0.39, 0.29) is 0 Å². The minimum absolute atomic E-state index is 0.328. The number of nitrogens with one attached hydrogen (secondary N) is 1. The van der Waals surface area contributed by atoms with Gasteiger partial charge in [0.25, 0.3) is 0 Å². The second-order valence-corrected chi connectivity index (χ2v) is 5.25. The number of hydrogen-bond donors (Lipinski definition) is 1.